The van der Waals surface area contributed by atoms with Gasteiger partial charge in [0, 0.05) is 24.7 Å². The first-order valence-electron chi connectivity index (χ1n) is 5.87. The molecule has 1 aliphatic heterocycles. The van der Waals surface area contributed by atoms with Crippen LogP contribution < -0.4 is 5.32 Å². The van der Waals surface area contributed by atoms with Crippen LogP contribution in [0.4, 0.5) is 0 Å². The van der Waals surface area contributed by atoms with Gasteiger partial charge in [0.15, 0.2) is 5.01 Å². The number of aryl methyl sites for hydroxylation is 1. The summed E-state index contributed by atoms with van der Waals surface area (Å²) in [7, 11) is 1.76. The molecule has 1 atom stereocenters. The van der Waals surface area contributed by atoms with Crippen molar-refractivity contribution < 1.29 is 9.32 Å². The highest BCUT2D eigenvalue weighted by Gasteiger charge is 2.28. The van der Waals surface area contributed by atoms with E-state index in [-0.39, 0.29) is 18.5 Å². The summed E-state index contributed by atoms with van der Waals surface area (Å²) in [5.41, 5.74) is 0. The summed E-state index contributed by atoms with van der Waals surface area (Å²) in [6.45, 7) is 2.79. The molecular formula is C11H13N5O2S. The second-order valence-electron chi connectivity index (χ2n) is 4.44. The van der Waals surface area contributed by atoms with Gasteiger partial charge in [-0.15, -0.1) is 11.3 Å². The Morgan fingerprint density at radius 3 is 3.11 bits per heavy atom. The largest absolute Gasteiger partial charge is 0.343 e. The molecule has 1 saturated heterocycles. The lowest BCUT2D eigenvalue weighted by atomic mass is 10.2. The molecule has 2 aromatic rings. The number of carbonyl (C=O) groups is 1. The highest BCUT2D eigenvalue weighted by atomic mass is 32.1. The van der Waals surface area contributed by atoms with E-state index in [2.05, 4.69) is 20.4 Å². The standard InChI is InChI=1S/C11H13N5O2S/c1-6-3-13-11(19-6)9-14-10(18-15-9)7-5-16(2)8(17)4-12-7/h3,7,12H,4-5H2,1-2H3. The number of amides is 1. The van der Waals surface area contributed by atoms with Crippen LogP contribution in [-0.2, 0) is 4.79 Å². The summed E-state index contributed by atoms with van der Waals surface area (Å²) in [5, 5.41) is 7.76. The molecule has 8 heteroatoms. The number of aromatic nitrogens is 3. The van der Waals surface area contributed by atoms with Crippen LogP contribution in [0.2, 0.25) is 0 Å². The van der Waals surface area contributed by atoms with Crippen molar-refractivity contribution in [1.29, 1.82) is 0 Å². The number of likely N-dealkylation sites (N-methyl/N-ethyl adjacent to an activating group) is 1. The van der Waals surface area contributed by atoms with Gasteiger partial charge in [0.2, 0.25) is 17.6 Å². The molecule has 0 spiro atoms. The van der Waals surface area contributed by atoms with E-state index in [0.29, 0.717) is 18.3 Å². The van der Waals surface area contributed by atoms with Gasteiger partial charge in [-0.3, -0.25) is 10.1 Å². The number of nitrogens with one attached hydrogen (secondary N) is 1. The van der Waals surface area contributed by atoms with Crippen molar-refractivity contribution in [3.8, 4) is 10.8 Å². The van der Waals surface area contributed by atoms with E-state index >= 15 is 0 Å². The molecule has 19 heavy (non-hydrogen) atoms. The first-order valence-corrected chi connectivity index (χ1v) is 6.69. The monoisotopic (exact) mass is 279 g/mol. The van der Waals surface area contributed by atoms with Crippen molar-refractivity contribution >= 4 is 17.2 Å². The minimum absolute atomic E-state index is 0.0616. The van der Waals surface area contributed by atoms with Gasteiger partial charge < -0.3 is 9.42 Å². The maximum Gasteiger partial charge on any atom is 0.246 e. The molecule has 7 nitrogen and oxygen atoms in total. The predicted molar refractivity (Wildman–Crippen MR) is 68.5 cm³/mol. The molecule has 0 aliphatic carbocycles. The molecule has 0 saturated carbocycles. The summed E-state index contributed by atoms with van der Waals surface area (Å²) in [4.78, 5) is 22.7. The molecular weight excluding hydrogens is 266 g/mol. The fraction of sp³-hybridized carbons (Fsp3) is 0.455. The van der Waals surface area contributed by atoms with Gasteiger partial charge >= 0.3 is 0 Å². The van der Waals surface area contributed by atoms with Crippen molar-refractivity contribution in [1.82, 2.24) is 25.3 Å². The Bertz CT molecular complexity index is 608. The number of thiazole rings is 1. The lowest BCUT2D eigenvalue weighted by Gasteiger charge is -2.28. The zero-order valence-electron chi connectivity index (χ0n) is 10.6. The van der Waals surface area contributed by atoms with Crippen molar-refractivity contribution in [3.63, 3.8) is 0 Å². The number of carbonyl (C=O) groups excluding carboxylic acids is 1. The average molecular weight is 279 g/mol. The number of hydrogen-bond donors (Lipinski definition) is 1. The Kier molecular flexibility index (Phi) is 3.03. The highest BCUT2D eigenvalue weighted by Crippen LogP contribution is 2.24. The molecule has 100 valence electrons. The van der Waals surface area contributed by atoms with Crippen LogP contribution in [0.3, 0.4) is 0 Å². The second-order valence-corrected chi connectivity index (χ2v) is 5.67. The van der Waals surface area contributed by atoms with E-state index in [0.717, 1.165) is 9.88 Å². The van der Waals surface area contributed by atoms with Gasteiger partial charge in [0.1, 0.15) is 6.04 Å². The molecule has 1 N–H and O–H groups in total. The third-order valence-corrected chi connectivity index (χ3v) is 3.84. The van der Waals surface area contributed by atoms with Gasteiger partial charge in [-0.25, -0.2) is 4.98 Å². The van der Waals surface area contributed by atoms with Gasteiger partial charge in [0.25, 0.3) is 0 Å². The summed E-state index contributed by atoms with van der Waals surface area (Å²) in [5.74, 6) is 1.04. The van der Waals surface area contributed by atoms with Crippen molar-refractivity contribution in [3.05, 3.63) is 17.0 Å². The Morgan fingerprint density at radius 2 is 2.42 bits per heavy atom. The Balaban J connectivity index is 1.80. The molecule has 2 aromatic heterocycles. The molecule has 1 amide bonds. The summed E-state index contributed by atoms with van der Waals surface area (Å²) >= 11 is 1.52. The first kappa shape index (κ1) is 12.2. The zero-order chi connectivity index (χ0) is 13.4. The van der Waals surface area contributed by atoms with E-state index in [4.69, 9.17) is 4.52 Å². The van der Waals surface area contributed by atoms with E-state index in [9.17, 15) is 4.79 Å². The normalized spacial score (nSPS) is 20.0. The molecule has 0 bridgehead atoms. The molecule has 3 heterocycles. The summed E-state index contributed by atoms with van der Waals surface area (Å²) in [6, 6.07) is -0.120. The smallest absolute Gasteiger partial charge is 0.246 e. The zero-order valence-corrected chi connectivity index (χ0v) is 11.4. The molecule has 0 aromatic carbocycles. The van der Waals surface area contributed by atoms with Gasteiger partial charge in [0.05, 0.1) is 6.54 Å². The molecule has 0 radical (unpaired) electrons. The van der Waals surface area contributed by atoms with Crippen LogP contribution in [0.25, 0.3) is 10.8 Å². The van der Waals surface area contributed by atoms with E-state index in [1.54, 1.807) is 18.1 Å². The molecule has 3 rings (SSSR count). The van der Waals surface area contributed by atoms with Gasteiger partial charge in [-0.05, 0) is 6.92 Å². The third kappa shape index (κ3) is 2.36. The molecule has 1 fully saturated rings. The Morgan fingerprint density at radius 1 is 1.58 bits per heavy atom. The number of hydrogen-bond acceptors (Lipinski definition) is 7. The topological polar surface area (TPSA) is 84.2 Å². The van der Waals surface area contributed by atoms with Gasteiger partial charge in [-0.1, -0.05) is 5.16 Å². The molecule has 1 aliphatic rings. The van der Waals surface area contributed by atoms with Crippen LogP contribution in [-0.4, -0.2) is 46.1 Å². The predicted octanol–water partition coefficient (Wildman–Crippen LogP) is 0.604. The lowest BCUT2D eigenvalue weighted by molar-refractivity contribution is -0.131. The van der Waals surface area contributed by atoms with Crippen LogP contribution in [0, 0.1) is 6.92 Å². The summed E-state index contributed by atoms with van der Waals surface area (Å²) < 4.78 is 5.26. The maximum absolute atomic E-state index is 11.4. The van der Waals surface area contributed by atoms with Crippen molar-refractivity contribution in [2.24, 2.45) is 0 Å². The second kappa shape index (κ2) is 4.71. The van der Waals surface area contributed by atoms with E-state index < -0.39 is 0 Å². The minimum Gasteiger partial charge on any atom is -0.343 e. The van der Waals surface area contributed by atoms with Crippen LogP contribution in [0.15, 0.2) is 10.7 Å². The van der Waals surface area contributed by atoms with Crippen LogP contribution in [0.1, 0.15) is 16.8 Å². The maximum atomic E-state index is 11.4. The van der Waals surface area contributed by atoms with Crippen molar-refractivity contribution in [2.45, 2.75) is 13.0 Å². The Labute approximate surface area is 113 Å². The fourth-order valence-electron chi connectivity index (χ4n) is 1.87. The number of piperazine rings is 1. The van der Waals surface area contributed by atoms with Gasteiger partial charge in [-0.2, -0.15) is 4.98 Å². The minimum atomic E-state index is -0.120. The number of rotatable bonds is 2. The first-order chi connectivity index (χ1) is 9.13. The lowest BCUT2D eigenvalue weighted by Crippen LogP contribution is -2.47. The van der Waals surface area contributed by atoms with Crippen LogP contribution >= 0.6 is 11.3 Å². The molecule has 1 unspecified atom stereocenters. The average Bonchev–Trinajstić information content (AvgIpc) is 3.01. The van der Waals surface area contributed by atoms with Crippen molar-refractivity contribution in [2.75, 3.05) is 20.1 Å². The quantitative estimate of drug-likeness (QED) is 0.867. The summed E-state index contributed by atoms with van der Waals surface area (Å²) in [6.07, 6.45) is 1.78. The van der Waals surface area contributed by atoms with E-state index in [1.807, 2.05) is 6.92 Å². The van der Waals surface area contributed by atoms with Crippen LogP contribution in [0.5, 0.6) is 0 Å². The third-order valence-electron chi connectivity index (χ3n) is 2.93. The Hall–Kier alpha value is -1.80. The fourth-order valence-corrected chi connectivity index (χ4v) is 2.56. The highest BCUT2D eigenvalue weighted by molar-refractivity contribution is 7.14. The van der Waals surface area contributed by atoms with E-state index in [1.165, 1.54) is 11.3 Å². The SMILES string of the molecule is Cc1cnc(-c2noc(C3CN(C)C(=O)CN3)n2)s1. The number of nitrogens with zero attached hydrogens (tertiary/aromatic N) is 4.